The predicted molar refractivity (Wildman–Crippen MR) is 152 cm³/mol. The SMILES string of the molecule is Brc1ccc2c(c1)N(c1ccccc1)P(c1ccccc1)N2c1cccc2oc3ccccc3c12. The molecule has 0 fully saturated rings. The Bertz CT molecular complexity index is 1680. The van der Waals surface area contributed by atoms with Gasteiger partial charge in [-0.15, -0.1) is 0 Å². The Morgan fingerprint density at radius 1 is 0.571 bits per heavy atom. The van der Waals surface area contributed by atoms with Gasteiger partial charge in [0.2, 0.25) is 0 Å². The molecule has 3 nitrogen and oxygen atoms in total. The molecule has 0 spiro atoms. The van der Waals surface area contributed by atoms with E-state index in [1.165, 1.54) is 22.4 Å². The van der Waals surface area contributed by atoms with Crippen molar-refractivity contribution in [3.05, 3.63) is 126 Å². The molecule has 7 rings (SSSR count). The number of halogens is 1. The van der Waals surface area contributed by atoms with Gasteiger partial charge in [0.1, 0.15) is 19.4 Å². The third kappa shape index (κ3) is 3.29. The zero-order valence-electron chi connectivity index (χ0n) is 18.7. The second-order valence-corrected chi connectivity index (χ2v) is 11.3. The normalized spacial score (nSPS) is 15.2. The van der Waals surface area contributed by atoms with Gasteiger partial charge in [-0.1, -0.05) is 88.7 Å². The summed E-state index contributed by atoms with van der Waals surface area (Å²) in [5.41, 5.74) is 6.52. The fourth-order valence-electron chi connectivity index (χ4n) is 4.91. The summed E-state index contributed by atoms with van der Waals surface area (Å²) >= 11 is 3.73. The Morgan fingerprint density at radius 3 is 2.11 bits per heavy atom. The summed E-state index contributed by atoms with van der Waals surface area (Å²) in [6.07, 6.45) is 0. The van der Waals surface area contributed by atoms with Crippen molar-refractivity contribution >= 4 is 74.1 Å². The maximum absolute atomic E-state index is 6.27. The number of hydrogen-bond acceptors (Lipinski definition) is 3. The number of fused-ring (bicyclic) bond motifs is 4. The van der Waals surface area contributed by atoms with E-state index in [0.717, 1.165) is 32.1 Å². The molecule has 0 saturated carbocycles. The number of anilines is 4. The third-order valence-corrected chi connectivity index (χ3v) is 9.26. The fourth-order valence-corrected chi connectivity index (χ4v) is 7.80. The van der Waals surface area contributed by atoms with Gasteiger partial charge in [-0.3, -0.25) is 9.34 Å². The third-order valence-electron chi connectivity index (χ3n) is 6.37. The van der Waals surface area contributed by atoms with E-state index in [1.807, 2.05) is 12.1 Å². The van der Waals surface area contributed by atoms with Gasteiger partial charge < -0.3 is 4.42 Å². The molecule has 1 aromatic heterocycles. The van der Waals surface area contributed by atoms with E-state index in [2.05, 4.69) is 134 Å². The average molecular weight is 535 g/mol. The summed E-state index contributed by atoms with van der Waals surface area (Å²) in [6.45, 7) is 0. The molecule has 2 heterocycles. The van der Waals surface area contributed by atoms with Crippen molar-refractivity contribution in [1.82, 2.24) is 0 Å². The smallest absolute Gasteiger partial charge is 0.138 e. The van der Waals surface area contributed by atoms with Crippen LogP contribution < -0.4 is 14.6 Å². The summed E-state index contributed by atoms with van der Waals surface area (Å²) in [5, 5.41) is 3.57. The lowest BCUT2D eigenvalue weighted by Gasteiger charge is -2.33. The van der Waals surface area contributed by atoms with Crippen molar-refractivity contribution in [1.29, 1.82) is 0 Å². The van der Waals surface area contributed by atoms with Crippen LogP contribution >= 0.6 is 24.2 Å². The maximum Gasteiger partial charge on any atom is 0.138 e. The van der Waals surface area contributed by atoms with E-state index >= 15 is 0 Å². The molecular weight excluding hydrogens is 515 g/mol. The van der Waals surface area contributed by atoms with E-state index in [-0.39, 0.29) is 0 Å². The lowest BCUT2D eigenvalue weighted by atomic mass is 10.1. The zero-order chi connectivity index (χ0) is 23.4. The molecule has 0 aliphatic carbocycles. The first kappa shape index (κ1) is 20.8. The molecule has 1 aliphatic rings. The van der Waals surface area contributed by atoms with Crippen molar-refractivity contribution in [3.63, 3.8) is 0 Å². The molecule has 1 unspecified atom stereocenters. The molecule has 0 N–H and O–H groups in total. The fraction of sp³-hybridized carbons (Fsp3) is 0. The highest BCUT2D eigenvalue weighted by atomic mass is 79.9. The minimum atomic E-state index is -0.964. The van der Waals surface area contributed by atoms with Gasteiger partial charge in [-0.25, -0.2) is 0 Å². The van der Waals surface area contributed by atoms with Gasteiger partial charge >= 0.3 is 0 Å². The number of rotatable bonds is 3. The van der Waals surface area contributed by atoms with Gasteiger partial charge in [-0.05, 0) is 48.5 Å². The predicted octanol–water partition coefficient (Wildman–Crippen LogP) is 9.28. The molecule has 1 atom stereocenters. The topological polar surface area (TPSA) is 19.6 Å². The van der Waals surface area contributed by atoms with Crippen molar-refractivity contribution in [2.75, 3.05) is 9.34 Å². The molecule has 5 aromatic carbocycles. The highest BCUT2D eigenvalue weighted by Crippen LogP contribution is 2.66. The first-order valence-electron chi connectivity index (χ1n) is 11.5. The number of nitrogens with zero attached hydrogens (tertiary/aromatic N) is 2. The van der Waals surface area contributed by atoms with E-state index in [4.69, 9.17) is 4.42 Å². The summed E-state index contributed by atoms with van der Waals surface area (Å²) < 4.78 is 12.3. The summed E-state index contributed by atoms with van der Waals surface area (Å²) in [4.78, 5) is 0. The molecular formula is C30H20BrN2OP. The summed E-state index contributed by atoms with van der Waals surface area (Å²) in [7, 11) is -0.964. The first-order valence-corrected chi connectivity index (χ1v) is 13.5. The molecule has 1 aliphatic heterocycles. The second-order valence-electron chi connectivity index (χ2n) is 8.47. The van der Waals surface area contributed by atoms with E-state index in [9.17, 15) is 0 Å². The van der Waals surface area contributed by atoms with Gasteiger partial charge in [0, 0.05) is 20.9 Å². The quantitative estimate of drug-likeness (QED) is 0.211. The number of furan rings is 1. The maximum atomic E-state index is 6.27. The van der Waals surface area contributed by atoms with Crippen LogP contribution in [0.3, 0.4) is 0 Å². The van der Waals surface area contributed by atoms with Crippen LogP contribution in [0.5, 0.6) is 0 Å². The Balaban J connectivity index is 1.57. The van der Waals surface area contributed by atoms with Crippen LogP contribution in [0.2, 0.25) is 0 Å². The van der Waals surface area contributed by atoms with Gasteiger partial charge in [0.15, 0.2) is 0 Å². The lowest BCUT2D eigenvalue weighted by molar-refractivity contribution is 0.669. The Kier molecular flexibility index (Phi) is 4.90. The van der Waals surface area contributed by atoms with Gasteiger partial charge in [0.25, 0.3) is 0 Å². The number of benzene rings is 5. The first-order chi connectivity index (χ1) is 17.3. The van der Waals surface area contributed by atoms with Crippen molar-refractivity contribution in [2.45, 2.75) is 0 Å². The van der Waals surface area contributed by atoms with Crippen LogP contribution in [0.4, 0.5) is 22.7 Å². The van der Waals surface area contributed by atoms with Gasteiger partial charge in [0.05, 0.1) is 22.4 Å². The Morgan fingerprint density at radius 2 is 1.29 bits per heavy atom. The molecule has 0 saturated heterocycles. The zero-order valence-corrected chi connectivity index (χ0v) is 21.2. The number of hydrogen-bond donors (Lipinski definition) is 0. The minimum Gasteiger partial charge on any atom is -0.456 e. The average Bonchev–Trinajstić information content (AvgIpc) is 3.45. The Labute approximate surface area is 213 Å². The lowest BCUT2D eigenvalue weighted by Crippen LogP contribution is -2.22. The van der Waals surface area contributed by atoms with Crippen LogP contribution in [-0.4, -0.2) is 0 Å². The Hall–Kier alpha value is -3.59. The second kappa shape index (κ2) is 8.27. The molecule has 6 aromatic rings. The monoisotopic (exact) mass is 534 g/mol. The summed E-state index contributed by atoms with van der Waals surface area (Å²) in [5.74, 6) is 0. The van der Waals surface area contributed by atoms with E-state index in [1.54, 1.807) is 0 Å². The van der Waals surface area contributed by atoms with Crippen LogP contribution in [0.25, 0.3) is 21.9 Å². The van der Waals surface area contributed by atoms with Crippen molar-refractivity contribution < 1.29 is 4.42 Å². The summed E-state index contributed by atoms with van der Waals surface area (Å²) in [6, 6.07) is 42.8. The molecule has 35 heavy (non-hydrogen) atoms. The van der Waals surface area contributed by atoms with Crippen LogP contribution in [-0.2, 0) is 0 Å². The van der Waals surface area contributed by atoms with E-state index < -0.39 is 8.22 Å². The van der Waals surface area contributed by atoms with E-state index in [0.29, 0.717) is 0 Å². The molecule has 0 bridgehead atoms. The molecule has 0 radical (unpaired) electrons. The van der Waals surface area contributed by atoms with Gasteiger partial charge in [-0.2, -0.15) is 0 Å². The highest BCUT2D eigenvalue weighted by molar-refractivity contribution is 9.10. The largest absolute Gasteiger partial charge is 0.456 e. The minimum absolute atomic E-state index is 0.906. The van der Waals surface area contributed by atoms with Crippen LogP contribution in [0.1, 0.15) is 0 Å². The van der Waals surface area contributed by atoms with Crippen LogP contribution in [0, 0.1) is 0 Å². The van der Waals surface area contributed by atoms with Crippen LogP contribution in [0.15, 0.2) is 130 Å². The standard InChI is InChI=1S/C30H20BrN2OP/c31-21-18-19-25-27(20-21)32(22-10-3-1-4-11-22)35(23-12-5-2-6-13-23)33(25)26-15-9-17-29-30(26)24-14-7-8-16-28(24)34-29/h1-20H. The van der Waals surface area contributed by atoms with Crippen molar-refractivity contribution in [3.8, 4) is 0 Å². The molecule has 0 amide bonds. The molecule has 168 valence electrons. The van der Waals surface area contributed by atoms with Crippen molar-refractivity contribution in [2.24, 2.45) is 0 Å². The highest BCUT2D eigenvalue weighted by Gasteiger charge is 2.40. The number of para-hydroxylation sites is 2. The molecule has 5 heteroatoms.